The number of ether oxygens (including phenoxy) is 1. The van der Waals surface area contributed by atoms with Gasteiger partial charge in [-0.3, -0.25) is 4.79 Å². The Kier molecular flexibility index (Phi) is 5.44. The standard InChI is InChI=1S/C26H22N4O3/c1-18(25(31)29-17-16-19-10-8-9-15-22(19)29)33-26(32)23-27-24(20-11-4-2-5-12-20)30(28-23)21-13-6-3-7-14-21/h2-15,18H,16-17H2,1H3. The van der Waals surface area contributed by atoms with Crippen LogP contribution in [0.3, 0.4) is 0 Å². The Labute approximate surface area is 191 Å². The molecule has 4 aromatic rings. The average Bonchev–Trinajstić information content (AvgIpc) is 3.50. The van der Waals surface area contributed by atoms with Crippen LogP contribution < -0.4 is 4.90 Å². The number of hydrogen-bond acceptors (Lipinski definition) is 5. The van der Waals surface area contributed by atoms with Gasteiger partial charge in [-0.2, -0.15) is 0 Å². The summed E-state index contributed by atoms with van der Waals surface area (Å²) < 4.78 is 7.10. The van der Waals surface area contributed by atoms with Crippen LogP contribution >= 0.6 is 0 Å². The molecule has 1 unspecified atom stereocenters. The second-order valence-corrected chi connectivity index (χ2v) is 7.79. The summed E-state index contributed by atoms with van der Waals surface area (Å²) >= 11 is 0. The molecule has 2 heterocycles. The van der Waals surface area contributed by atoms with Crippen LogP contribution in [0.1, 0.15) is 23.1 Å². The Bertz CT molecular complexity index is 1240. The molecule has 0 saturated carbocycles. The molecule has 33 heavy (non-hydrogen) atoms. The lowest BCUT2D eigenvalue weighted by Crippen LogP contribution is -2.39. The molecule has 7 nitrogen and oxygen atoms in total. The third-order valence-corrected chi connectivity index (χ3v) is 5.61. The van der Waals surface area contributed by atoms with E-state index >= 15 is 0 Å². The number of para-hydroxylation sites is 2. The maximum atomic E-state index is 13.0. The van der Waals surface area contributed by atoms with Gasteiger partial charge in [-0.1, -0.05) is 66.7 Å². The van der Waals surface area contributed by atoms with Gasteiger partial charge in [0.2, 0.25) is 0 Å². The van der Waals surface area contributed by atoms with E-state index in [0.717, 1.165) is 28.9 Å². The lowest BCUT2D eigenvalue weighted by Gasteiger charge is -2.21. The Balaban J connectivity index is 1.40. The average molecular weight is 438 g/mol. The van der Waals surface area contributed by atoms with Crippen molar-refractivity contribution in [3.63, 3.8) is 0 Å². The van der Waals surface area contributed by atoms with E-state index in [-0.39, 0.29) is 11.7 Å². The van der Waals surface area contributed by atoms with E-state index < -0.39 is 12.1 Å². The number of benzene rings is 3. The van der Waals surface area contributed by atoms with Crippen LogP contribution in [0.5, 0.6) is 0 Å². The minimum atomic E-state index is -0.965. The monoisotopic (exact) mass is 438 g/mol. The number of amides is 1. The molecular weight excluding hydrogens is 416 g/mol. The Morgan fingerprint density at radius 1 is 0.909 bits per heavy atom. The SMILES string of the molecule is CC(OC(=O)c1nc(-c2ccccc2)n(-c2ccccc2)n1)C(=O)N1CCc2ccccc21. The smallest absolute Gasteiger partial charge is 0.379 e. The van der Waals surface area contributed by atoms with Crippen molar-refractivity contribution in [1.29, 1.82) is 0 Å². The first kappa shape index (κ1) is 20.6. The molecule has 0 fully saturated rings. The molecule has 5 rings (SSSR count). The van der Waals surface area contributed by atoms with E-state index in [2.05, 4.69) is 10.1 Å². The number of carbonyl (C=O) groups excluding carboxylic acids is 2. The zero-order valence-corrected chi connectivity index (χ0v) is 18.1. The Hall–Kier alpha value is -4.26. The fraction of sp³-hybridized carbons (Fsp3) is 0.154. The molecule has 0 aliphatic carbocycles. The fourth-order valence-corrected chi connectivity index (χ4v) is 3.97. The van der Waals surface area contributed by atoms with Crippen molar-refractivity contribution in [2.45, 2.75) is 19.4 Å². The molecule has 1 aliphatic heterocycles. The van der Waals surface area contributed by atoms with Gasteiger partial charge in [-0.25, -0.2) is 14.5 Å². The summed E-state index contributed by atoms with van der Waals surface area (Å²) in [5, 5.41) is 4.41. The number of fused-ring (bicyclic) bond motifs is 1. The molecule has 164 valence electrons. The lowest BCUT2D eigenvalue weighted by molar-refractivity contribution is -0.126. The normalized spacial score (nSPS) is 13.4. The fourth-order valence-electron chi connectivity index (χ4n) is 3.97. The molecule has 0 saturated heterocycles. The quantitative estimate of drug-likeness (QED) is 0.439. The highest BCUT2D eigenvalue weighted by molar-refractivity contribution is 6.00. The summed E-state index contributed by atoms with van der Waals surface area (Å²) in [7, 11) is 0. The van der Waals surface area contributed by atoms with Crippen LogP contribution in [-0.4, -0.2) is 39.3 Å². The van der Waals surface area contributed by atoms with Crippen molar-refractivity contribution in [2.75, 3.05) is 11.4 Å². The number of hydrogen-bond donors (Lipinski definition) is 0. The Morgan fingerprint density at radius 3 is 2.33 bits per heavy atom. The van der Waals surface area contributed by atoms with E-state index in [1.807, 2.05) is 84.9 Å². The van der Waals surface area contributed by atoms with Gasteiger partial charge < -0.3 is 9.64 Å². The zero-order chi connectivity index (χ0) is 22.8. The molecule has 1 atom stereocenters. The van der Waals surface area contributed by atoms with E-state index in [1.165, 1.54) is 0 Å². The maximum absolute atomic E-state index is 13.0. The van der Waals surface area contributed by atoms with Gasteiger partial charge >= 0.3 is 5.97 Å². The van der Waals surface area contributed by atoms with E-state index in [0.29, 0.717) is 12.4 Å². The molecule has 0 radical (unpaired) electrons. The van der Waals surface area contributed by atoms with Crippen molar-refractivity contribution in [3.8, 4) is 17.1 Å². The summed E-state index contributed by atoms with van der Waals surface area (Å²) in [6.45, 7) is 2.15. The highest BCUT2D eigenvalue weighted by Gasteiger charge is 2.31. The van der Waals surface area contributed by atoms with Crippen molar-refractivity contribution >= 4 is 17.6 Å². The number of aromatic nitrogens is 3. The summed E-state index contributed by atoms with van der Waals surface area (Å²) in [5.41, 5.74) is 3.55. The van der Waals surface area contributed by atoms with Crippen molar-refractivity contribution in [2.24, 2.45) is 0 Å². The van der Waals surface area contributed by atoms with Crippen LogP contribution in [0.15, 0.2) is 84.9 Å². The highest BCUT2D eigenvalue weighted by Crippen LogP contribution is 2.28. The number of esters is 1. The third-order valence-electron chi connectivity index (χ3n) is 5.61. The van der Waals surface area contributed by atoms with E-state index in [4.69, 9.17) is 4.74 Å². The lowest BCUT2D eigenvalue weighted by atomic mass is 10.2. The number of rotatable bonds is 5. The van der Waals surface area contributed by atoms with Crippen molar-refractivity contribution < 1.29 is 14.3 Å². The van der Waals surface area contributed by atoms with Crippen molar-refractivity contribution in [3.05, 3.63) is 96.3 Å². The van der Waals surface area contributed by atoms with Gasteiger partial charge in [-0.05, 0) is 37.1 Å². The van der Waals surface area contributed by atoms with E-state index in [1.54, 1.807) is 16.5 Å². The first-order valence-electron chi connectivity index (χ1n) is 10.8. The second-order valence-electron chi connectivity index (χ2n) is 7.79. The molecule has 0 N–H and O–H groups in total. The molecule has 3 aromatic carbocycles. The van der Waals surface area contributed by atoms with Gasteiger partial charge in [0, 0.05) is 17.8 Å². The maximum Gasteiger partial charge on any atom is 0.379 e. The summed E-state index contributed by atoms with van der Waals surface area (Å²) in [6.07, 6.45) is -0.181. The third kappa shape index (κ3) is 4.01. The first-order valence-corrected chi connectivity index (χ1v) is 10.8. The summed E-state index contributed by atoms with van der Waals surface area (Å²) in [5.74, 6) is -0.588. The summed E-state index contributed by atoms with van der Waals surface area (Å²) in [4.78, 5) is 32.0. The molecule has 1 amide bonds. The van der Waals surface area contributed by atoms with Gasteiger partial charge in [0.25, 0.3) is 11.7 Å². The van der Waals surface area contributed by atoms with Crippen LogP contribution in [0.25, 0.3) is 17.1 Å². The minimum Gasteiger partial charge on any atom is -0.447 e. The molecule has 1 aromatic heterocycles. The van der Waals surface area contributed by atoms with Gasteiger partial charge in [-0.15, -0.1) is 5.10 Å². The minimum absolute atomic E-state index is 0.0980. The second kappa shape index (κ2) is 8.70. The topological polar surface area (TPSA) is 77.3 Å². The van der Waals surface area contributed by atoms with Crippen LogP contribution in [0, 0.1) is 0 Å². The Morgan fingerprint density at radius 2 is 1.58 bits per heavy atom. The summed E-state index contributed by atoms with van der Waals surface area (Å²) in [6, 6.07) is 26.7. The van der Waals surface area contributed by atoms with Crippen molar-refractivity contribution in [1.82, 2.24) is 14.8 Å². The number of nitrogens with zero attached hydrogens (tertiary/aromatic N) is 4. The highest BCUT2D eigenvalue weighted by atomic mass is 16.5. The largest absolute Gasteiger partial charge is 0.447 e. The first-order chi connectivity index (χ1) is 16.1. The molecule has 1 aliphatic rings. The number of carbonyl (C=O) groups is 2. The van der Waals surface area contributed by atoms with E-state index in [9.17, 15) is 9.59 Å². The van der Waals surface area contributed by atoms with Crippen LogP contribution in [0.4, 0.5) is 5.69 Å². The van der Waals surface area contributed by atoms with Crippen LogP contribution in [-0.2, 0) is 16.0 Å². The molecule has 0 spiro atoms. The van der Waals surface area contributed by atoms with Gasteiger partial charge in [0.1, 0.15) is 0 Å². The molecular formula is C26H22N4O3. The molecule has 0 bridgehead atoms. The van der Waals surface area contributed by atoms with Crippen LogP contribution in [0.2, 0.25) is 0 Å². The van der Waals surface area contributed by atoms with Gasteiger partial charge in [0.15, 0.2) is 11.9 Å². The van der Waals surface area contributed by atoms with Gasteiger partial charge in [0.05, 0.1) is 5.69 Å². The zero-order valence-electron chi connectivity index (χ0n) is 18.1. The number of anilines is 1. The predicted molar refractivity (Wildman–Crippen MR) is 124 cm³/mol. The predicted octanol–water partition coefficient (Wildman–Crippen LogP) is 4.07. The molecule has 7 heteroatoms.